The number of aromatic amines is 1. The fourth-order valence-electron chi connectivity index (χ4n) is 1.06. The zero-order valence-electron chi connectivity index (χ0n) is 6.04. The van der Waals surface area contributed by atoms with Crippen LogP contribution in [0, 0.1) is 0 Å². The Morgan fingerprint density at radius 1 is 1.55 bits per heavy atom. The van der Waals surface area contributed by atoms with Gasteiger partial charge in [-0.3, -0.25) is 4.98 Å². The van der Waals surface area contributed by atoms with Gasteiger partial charge in [-0.2, -0.15) is 0 Å². The van der Waals surface area contributed by atoms with Crippen LogP contribution in [0.4, 0.5) is 0 Å². The van der Waals surface area contributed by atoms with E-state index in [4.69, 9.17) is 0 Å². The van der Waals surface area contributed by atoms with E-state index in [1.165, 1.54) is 0 Å². The quantitative estimate of drug-likeness (QED) is 0.653. The van der Waals surface area contributed by atoms with Crippen LogP contribution in [-0.2, 0) is 0 Å². The number of nitrogens with one attached hydrogen (secondary N) is 1. The minimum atomic E-state index is 0.996. The maximum absolute atomic E-state index is 4.21. The van der Waals surface area contributed by atoms with Gasteiger partial charge in [0.1, 0.15) is 0 Å². The molecule has 2 heteroatoms. The number of rotatable bonds is 1. The molecule has 1 N–H and O–H groups in total. The Morgan fingerprint density at radius 2 is 2.45 bits per heavy atom. The molecule has 0 amide bonds. The molecule has 0 atom stereocenters. The average Bonchev–Trinajstić information content (AvgIpc) is 2.50. The van der Waals surface area contributed by atoms with E-state index in [-0.39, 0.29) is 0 Å². The molecule has 2 rings (SSSR count). The van der Waals surface area contributed by atoms with Gasteiger partial charge in [-0.25, -0.2) is 0 Å². The summed E-state index contributed by atoms with van der Waals surface area (Å²) in [6, 6.07) is 3.97. The zero-order valence-corrected chi connectivity index (χ0v) is 6.04. The topological polar surface area (TPSA) is 28.7 Å². The number of H-pyrrole nitrogens is 1. The highest BCUT2D eigenvalue weighted by Crippen LogP contribution is 2.10. The van der Waals surface area contributed by atoms with E-state index < -0.39 is 0 Å². The van der Waals surface area contributed by atoms with Crippen molar-refractivity contribution in [3.05, 3.63) is 36.7 Å². The molecule has 0 aliphatic heterocycles. The molecular formula is C9H8N2. The van der Waals surface area contributed by atoms with Crippen LogP contribution in [0.25, 0.3) is 17.1 Å². The lowest BCUT2D eigenvalue weighted by Crippen LogP contribution is -1.76. The number of fused-ring (bicyclic) bond motifs is 1. The summed E-state index contributed by atoms with van der Waals surface area (Å²) in [4.78, 5) is 7.29. The SMILES string of the molecule is C=Cc1cnc2cc[nH]c2c1. The third-order valence-corrected chi connectivity index (χ3v) is 1.66. The van der Waals surface area contributed by atoms with E-state index >= 15 is 0 Å². The molecule has 0 fully saturated rings. The molecule has 2 heterocycles. The minimum absolute atomic E-state index is 0.996. The second-order valence-electron chi connectivity index (χ2n) is 2.38. The standard InChI is InChI=1S/C9H8N2/c1-2-7-5-9-8(11-6-7)3-4-10-9/h2-6,10H,1H2. The van der Waals surface area contributed by atoms with Crippen molar-refractivity contribution >= 4 is 17.1 Å². The second kappa shape index (κ2) is 2.23. The summed E-state index contributed by atoms with van der Waals surface area (Å²) in [5.74, 6) is 0. The van der Waals surface area contributed by atoms with Crippen LogP contribution in [0.2, 0.25) is 0 Å². The van der Waals surface area contributed by atoms with Crippen LogP contribution >= 0.6 is 0 Å². The van der Waals surface area contributed by atoms with Gasteiger partial charge in [0.05, 0.1) is 11.0 Å². The molecule has 11 heavy (non-hydrogen) atoms. The van der Waals surface area contributed by atoms with Gasteiger partial charge < -0.3 is 4.98 Å². The first-order valence-electron chi connectivity index (χ1n) is 3.46. The Hall–Kier alpha value is -1.57. The Labute approximate surface area is 64.6 Å². The molecule has 0 aliphatic carbocycles. The van der Waals surface area contributed by atoms with E-state index in [9.17, 15) is 0 Å². The summed E-state index contributed by atoms with van der Waals surface area (Å²) in [5, 5.41) is 0. The molecular weight excluding hydrogens is 136 g/mol. The second-order valence-corrected chi connectivity index (χ2v) is 2.38. The summed E-state index contributed by atoms with van der Waals surface area (Å²) in [6.45, 7) is 3.67. The van der Waals surface area contributed by atoms with E-state index in [0.29, 0.717) is 0 Å². The van der Waals surface area contributed by atoms with Crippen LogP contribution in [0.3, 0.4) is 0 Å². The van der Waals surface area contributed by atoms with Crippen LogP contribution in [0.5, 0.6) is 0 Å². The van der Waals surface area contributed by atoms with Crippen molar-refractivity contribution in [3.63, 3.8) is 0 Å². The highest BCUT2D eigenvalue weighted by molar-refractivity contribution is 5.76. The van der Waals surface area contributed by atoms with Gasteiger partial charge in [-0.15, -0.1) is 0 Å². The number of hydrogen-bond donors (Lipinski definition) is 1. The largest absolute Gasteiger partial charge is 0.360 e. The zero-order chi connectivity index (χ0) is 7.68. The van der Waals surface area contributed by atoms with Gasteiger partial charge in [-0.1, -0.05) is 12.7 Å². The first kappa shape index (κ1) is 6.16. The molecule has 0 aromatic carbocycles. The first-order chi connectivity index (χ1) is 5.40. The Bertz CT molecular complexity index is 387. The van der Waals surface area contributed by atoms with Crippen LogP contribution < -0.4 is 0 Å². The number of nitrogens with zero attached hydrogens (tertiary/aromatic N) is 1. The van der Waals surface area contributed by atoms with Crippen molar-refractivity contribution in [2.45, 2.75) is 0 Å². The lowest BCUT2D eigenvalue weighted by molar-refractivity contribution is 1.39. The molecule has 2 nitrogen and oxygen atoms in total. The number of aromatic nitrogens is 2. The molecule has 0 spiro atoms. The third-order valence-electron chi connectivity index (χ3n) is 1.66. The summed E-state index contributed by atoms with van der Waals surface area (Å²) >= 11 is 0. The Balaban J connectivity index is 2.76. The average molecular weight is 144 g/mol. The summed E-state index contributed by atoms with van der Waals surface area (Å²) in [7, 11) is 0. The molecule has 0 unspecified atom stereocenters. The monoisotopic (exact) mass is 144 g/mol. The fraction of sp³-hybridized carbons (Fsp3) is 0. The van der Waals surface area contributed by atoms with E-state index in [1.54, 1.807) is 6.08 Å². The van der Waals surface area contributed by atoms with Gasteiger partial charge in [0.25, 0.3) is 0 Å². The summed E-state index contributed by atoms with van der Waals surface area (Å²) < 4.78 is 0. The summed E-state index contributed by atoms with van der Waals surface area (Å²) in [6.07, 6.45) is 5.47. The van der Waals surface area contributed by atoms with Crippen molar-refractivity contribution in [1.29, 1.82) is 0 Å². The maximum Gasteiger partial charge on any atom is 0.0879 e. The first-order valence-corrected chi connectivity index (χ1v) is 3.46. The molecule has 0 saturated carbocycles. The van der Waals surface area contributed by atoms with Crippen LogP contribution in [-0.4, -0.2) is 9.97 Å². The highest BCUT2D eigenvalue weighted by Gasteiger charge is 1.93. The van der Waals surface area contributed by atoms with Crippen molar-refractivity contribution in [1.82, 2.24) is 9.97 Å². The smallest absolute Gasteiger partial charge is 0.0879 e. The van der Waals surface area contributed by atoms with E-state index in [2.05, 4.69) is 16.5 Å². The third kappa shape index (κ3) is 0.923. The van der Waals surface area contributed by atoms with Crippen LogP contribution in [0.15, 0.2) is 31.1 Å². The molecule has 2 aromatic heterocycles. The van der Waals surface area contributed by atoms with E-state index in [1.807, 2.05) is 24.5 Å². The minimum Gasteiger partial charge on any atom is -0.360 e. The molecule has 0 aliphatic rings. The predicted molar refractivity (Wildman–Crippen MR) is 46.2 cm³/mol. The lowest BCUT2D eigenvalue weighted by atomic mass is 10.2. The molecule has 0 saturated heterocycles. The number of hydrogen-bond acceptors (Lipinski definition) is 1. The van der Waals surface area contributed by atoms with Gasteiger partial charge in [-0.05, 0) is 17.7 Å². The lowest BCUT2D eigenvalue weighted by Gasteiger charge is -1.91. The predicted octanol–water partition coefficient (Wildman–Crippen LogP) is 2.21. The summed E-state index contributed by atoms with van der Waals surface area (Å²) in [5.41, 5.74) is 3.10. The van der Waals surface area contributed by atoms with Gasteiger partial charge in [0.15, 0.2) is 0 Å². The normalized spacial score (nSPS) is 10.2. The maximum atomic E-state index is 4.21. The van der Waals surface area contributed by atoms with Crippen molar-refractivity contribution in [2.24, 2.45) is 0 Å². The van der Waals surface area contributed by atoms with Crippen LogP contribution in [0.1, 0.15) is 5.56 Å². The van der Waals surface area contributed by atoms with Gasteiger partial charge in [0, 0.05) is 12.4 Å². The molecule has 0 radical (unpaired) electrons. The van der Waals surface area contributed by atoms with Gasteiger partial charge in [0.2, 0.25) is 0 Å². The fourth-order valence-corrected chi connectivity index (χ4v) is 1.06. The van der Waals surface area contributed by atoms with Crippen molar-refractivity contribution in [2.75, 3.05) is 0 Å². The molecule has 2 aromatic rings. The highest BCUT2D eigenvalue weighted by atomic mass is 14.7. The Kier molecular flexibility index (Phi) is 1.25. The van der Waals surface area contributed by atoms with E-state index in [0.717, 1.165) is 16.6 Å². The molecule has 54 valence electrons. The molecule has 0 bridgehead atoms. The van der Waals surface area contributed by atoms with Gasteiger partial charge >= 0.3 is 0 Å². The van der Waals surface area contributed by atoms with Crippen molar-refractivity contribution < 1.29 is 0 Å². The Morgan fingerprint density at radius 3 is 3.27 bits per heavy atom. The number of pyridine rings is 1. The van der Waals surface area contributed by atoms with Crippen molar-refractivity contribution in [3.8, 4) is 0 Å².